The van der Waals surface area contributed by atoms with Crippen molar-refractivity contribution < 1.29 is 24.3 Å². The van der Waals surface area contributed by atoms with Gasteiger partial charge >= 0.3 is 0 Å². The van der Waals surface area contributed by atoms with E-state index in [-0.39, 0.29) is 42.2 Å². The number of phenols is 1. The van der Waals surface area contributed by atoms with Gasteiger partial charge in [-0.15, -0.1) is 0 Å². The minimum absolute atomic E-state index is 0.00411. The quantitative estimate of drug-likeness (QED) is 0.348. The maximum Gasteiger partial charge on any atom is 0.223 e. The largest absolute Gasteiger partial charge is 0.508 e. The van der Waals surface area contributed by atoms with Gasteiger partial charge in [-0.2, -0.15) is 0 Å². The van der Waals surface area contributed by atoms with Crippen LogP contribution in [0.25, 0.3) is 11.1 Å². The number of ketones is 2. The number of amides is 1. The molecule has 3 aromatic rings. The molecule has 0 fully saturated rings. The van der Waals surface area contributed by atoms with Crippen LogP contribution in [0.5, 0.6) is 5.75 Å². The number of oxime groups is 1. The van der Waals surface area contributed by atoms with E-state index in [1.54, 1.807) is 24.3 Å². The number of fused-ring (bicyclic) bond motifs is 3. The van der Waals surface area contributed by atoms with Crippen LogP contribution in [0.4, 0.5) is 0 Å². The first kappa shape index (κ1) is 23.5. The van der Waals surface area contributed by atoms with Crippen molar-refractivity contribution in [3.8, 4) is 16.9 Å². The molecule has 0 saturated carbocycles. The molecule has 1 heterocycles. The lowest BCUT2D eigenvalue weighted by atomic mass is 9.95. The van der Waals surface area contributed by atoms with Crippen molar-refractivity contribution >= 4 is 23.2 Å². The Kier molecular flexibility index (Phi) is 6.62. The van der Waals surface area contributed by atoms with Crippen LogP contribution in [0.15, 0.2) is 71.9 Å². The summed E-state index contributed by atoms with van der Waals surface area (Å²) in [5.41, 5.74) is 5.55. The van der Waals surface area contributed by atoms with Crippen molar-refractivity contribution in [3.05, 3.63) is 89.0 Å². The topological polar surface area (TPSA) is 105 Å². The number of aromatic hydroxyl groups is 1. The highest BCUT2D eigenvalue weighted by molar-refractivity contribution is 6.22. The molecule has 182 valence electrons. The molecule has 1 aliphatic carbocycles. The third kappa shape index (κ3) is 4.91. The Balaban J connectivity index is 1.06. The highest BCUT2D eigenvalue weighted by Gasteiger charge is 2.28. The monoisotopic (exact) mass is 482 g/mol. The standard InChI is InChI=1S/C29H26N2O5/c32-20-12-10-18(11-13-20)26-16-22(36-31-26)17-27(34)30-14-4-6-21(33)15-19-5-3-9-25-28(19)23-7-1-2-8-24(23)29(25)35/h1-3,5,7-13,22,32H,4,6,14-17H2,(H,30,34). The Bertz CT molecular complexity index is 1360. The van der Waals surface area contributed by atoms with Gasteiger partial charge in [0.25, 0.3) is 0 Å². The van der Waals surface area contributed by atoms with E-state index in [0.717, 1.165) is 28.0 Å². The van der Waals surface area contributed by atoms with Gasteiger partial charge in [0.1, 0.15) is 17.6 Å². The van der Waals surface area contributed by atoms with Crippen LogP contribution in [0.1, 0.15) is 52.7 Å². The summed E-state index contributed by atoms with van der Waals surface area (Å²) in [6, 6.07) is 19.7. The molecule has 1 aliphatic heterocycles. The molecule has 2 aliphatic rings. The molecule has 0 saturated heterocycles. The minimum Gasteiger partial charge on any atom is -0.508 e. The zero-order valence-corrected chi connectivity index (χ0v) is 19.7. The van der Waals surface area contributed by atoms with Gasteiger partial charge in [0.2, 0.25) is 5.91 Å². The highest BCUT2D eigenvalue weighted by atomic mass is 16.6. The van der Waals surface area contributed by atoms with Gasteiger partial charge in [-0.1, -0.05) is 47.6 Å². The lowest BCUT2D eigenvalue weighted by Gasteiger charge is -2.10. The summed E-state index contributed by atoms with van der Waals surface area (Å²) in [5.74, 6) is 0.108. The van der Waals surface area contributed by atoms with Crippen LogP contribution in [0.2, 0.25) is 0 Å². The zero-order chi connectivity index (χ0) is 25.1. The molecule has 1 unspecified atom stereocenters. The van der Waals surface area contributed by atoms with Crippen molar-refractivity contribution in [3.63, 3.8) is 0 Å². The number of nitrogens with one attached hydrogen (secondary N) is 1. The molecule has 1 amide bonds. The molecule has 0 bridgehead atoms. The maximum atomic E-state index is 12.7. The first-order valence-electron chi connectivity index (χ1n) is 12.1. The second-order valence-corrected chi connectivity index (χ2v) is 9.10. The molecule has 7 heteroatoms. The Labute approximate surface area is 208 Å². The zero-order valence-electron chi connectivity index (χ0n) is 19.7. The second kappa shape index (κ2) is 10.2. The normalized spacial score (nSPS) is 15.6. The summed E-state index contributed by atoms with van der Waals surface area (Å²) in [5, 5.41) is 16.3. The van der Waals surface area contributed by atoms with Crippen molar-refractivity contribution in [2.24, 2.45) is 5.16 Å². The number of carbonyl (C=O) groups excluding carboxylic acids is 3. The SMILES string of the molecule is O=C(CCCNC(=O)CC1CC(c2ccc(O)cc2)=NO1)Cc1cccc2c1-c1ccccc1C2=O. The fraction of sp³-hybridized carbons (Fsp3) is 0.241. The van der Waals surface area contributed by atoms with Crippen LogP contribution in [-0.4, -0.2) is 40.9 Å². The van der Waals surface area contributed by atoms with E-state index in [2.05, 4.69) is 10.5 Å². The number of benzene rings is 3. The predicted molar refractivity (Wildman–Crippen MR) is 135 cm³/mol. The van der Waals surface area contributed by atoms with Crippen LogP contribution in [0, 0.1) is 0 Å². The van der Waals surface area contributed by atoms with E-state index >= 15 is 0 Å². The second-order valence-electron chi connectivity index (χ2n) is 9.10. The Morgan fingerprint density at radius 3 is 2.53 bits per heavy atom. The van der Waals surface area contributed by atoms with Crippen LogP contribution in [-0.2, 0) is 20.8 Å². The number of rotatable bonds is 9. The number of carbonyl (C=O) groups is 3. The first-order chi connectivity index (χ1) is 17.5. The van der Waals surface area contributed by atoms with Crippen LogP contribution in [0.3, 0.4) is 0 Å². The van der Waals surface area contributed by atoms with E-state index in [9.17, 15) is 19.5 Å². The van der Waals surface area contributed by atoms with E-state index in [4.69, 9.17) is 4.84 Å². The summed E-state index contributed by atoms with van der Waals surface area (Å²) in [6.07, 6.45) is 1.50. The van der Waals surface area contributed by atoms with Crippen molar-refractivity contribution in [1.82, 2.24) is 5.32 Å². The molecule has 36 heavy (non-hydrogen) atoms. The highest BCUT2D eigenvalue weighted by Crippen LogP contribution is 2.39. The third-order valence-electron chi connectivity index (χ3n) is 6.53. The number of hydrogen-bond acceptors (Lipinski definition) is 6. The van der Waals surface area contributed by atoms with Gasteiger partial charge in [-0.3, -0.25) is 14.4 Å². The number of phenolic OH excluding ortho intramolecular Hbond substituents is 1. The molecule has 3 aromatic carbocycles. The van der Waals surface area contributed by atoms with Gasteiger partial charge < -0.3 is 15.3 Å². The molecular weight excluding hydrogens is 456 g/mol. The molecule has 2 N–H and O–H groups in total. The molecule has 5 rings (SSSR count). The van der Waals surface area contributed by atoms with Gasteiger partial charge in [-0.05, 0) is 52.9 Å². The number of nitrogens with zero attached hydrogens (tertiary/aromatic N) is 1. The van der Waals surface area contributed by atoms with Gasteiger partial charge in [-0.25, -0.2) is 0 Å². The van der Waals surface area contributed by atoms with E-state index in [0.29, 0.717) is 36.9 Å². The van der Waals surface area contributed by atoms with Gasteiger partial charge in [0, 0.05) is 36.9 Å². The fourth-order valence-corrected chi connectivity index (χ4v) is 4.75. The van der Waals surface area contributed by atoms with E-state index in [1.165, 1.54) is 0 Å². The van der Waals surface area contributed by atoms with Crippen molar-refractivity contribution in [2.45, 2.75) is 38.2 Å². The predicted octanol–water partition coefficient (Wildman–Crippen LogP) is 4.19. The number of hydrogen-bond donors (Lipinski definition) is 2. The summed E-state index contributed by atoms with van der Waals surface area (Å²) < 4.78 is 0. The average molecular weight is 483 g/mol. The third-order valence-corrected chi connectivity index (χ3v) is 6.53. The van der Waals surface area contributed by atoms with Gasteiger partial charge in [0.05, 0.1) is 12.1 Å². The summed E-state index contributed by atoms with van der Waals surface area (Å²) >= 11 is 0. The van der Waals surface area contributed by atoms with Crippen molar-refractivity contribution in [2.75, 3.05) is 6.54 Å². The van der Waals surface area contributed by atoms with Crippen LogP contribution < -0.4 is 5.32 Å². The molecule has 0 radical (unpaired) electrons. The Morgan fingerprint density at radius 2 is 1.72 bits per heavy atom. The number of Topliss-reactive ketones (excluding diaryl/α,β-unsaturated/α-hetero) is 1. The lowest BCUT2D eigenvalue weighted by Crippen LogP contribution is -2.28. The maximum absolute atomic E-state index is 12.7. The Hall–Kier alpha value is -4.26. The first-order valence-corrected chi connectivity index (χ1v) is 12.1. The van der Waals surface area contributed by atoms with Gasteiger partial charge in [0.15, 0.2) is 5.78 Å². The summed E-state index contributed by atoms with van der Waals surface area (Å²) in [6.45, 7) is 0.400. The lowest BCUT2D eigenvalue weighted by molar-refractivity contribution is -0.124. The smallest absolute Gasteiger partial charge is 0.223 e. The van der Waals surface area contributed by atoms with E-state index in [1.807, 2.05) is 42.5 Å². The van der Waals surface area contributed by atoms with E-state index < -0.39 is 0 Å². The molecule has 0 spiro atoms. The summed E-state index contributed by atoms with van der Waals surface area (Å²) in [4.78, 5) is 43.0. The molecular formula is C29H26N2O5. The molecule has 7 nitrogen and oxygen atoms in total. The molecule has 1 atom stereocenters. The fourth-order valence-electron chi connectivity index (χ4n) is 4.75. The summed E-state index contributed by atoms with van der Waals surface area (Å²) in [7, 11) is 0. The van der Waals surface area contributed by atoms with Crippen molar-refractivity contribution in [1.29, 1.82) is 0 Å². The average Bonchev–Trinajstić information content (AvgIpc) is 3.46. The Morgan fingerprint density at radius 1 is 0.972 bits per heavy atom. The minimum atomic E-state index is -0.332. The van der Waals surface area contributed by atoms with Crippen LogP contribution >= 0.6 is 0 Å². The molecule has 0 aromatic heterocycles.